The van der Waals surface area contributed by atoms with Gasteiger partial charge in [-0.25, -0.2) is 9.90 Å². The molecule has 1 amide bonds. The van der Waals surface area contributed by atoms with Gasteiger partial charge in [0.15, 0.2) is 6.29 Å². The normalized spacial score (nSPS) is 27.3. The average Bonchev–Trinajstić information content (AvgIpc) is 2.83. The monoisotopic (exact) mass is 464 g/mol. The Bertz CT molecular complexity index is 914. The number of hydroxylamine groups is 2. The molecule has 5 heteroatoms. The first-order chi connectivity index (χ1) is 16.2. The predicted molar refractivity (Wildman–Crippen MR) is 139 cm³/mol. The van der Waals surface area contributed by atoms with E-state index in [1.54, 1.807) is 6.08 Å². The summed E-state index contributed by atoms with van der Waals surface area (Å²) in [5.41, 5.74) is 9.57. The molecule has 34 heavy (non-hydrogen) atoms. The van der Waals surface area contributed by atoms with Crippen LogP contribution in [0.15, 0.2) is 67.3 Å². The summed E-state index contributed by atoms with van der Waals surface area (Å²) in [6.07, 6.45) is 10.8. The maximum atomic E-state index is 13.2. The van der Waals surface area contributed by atoms with Crippen molar-refractivity contribution >= 4 is 17.7 Å². The Balaban J connectivity index is 1.71. The summed E-state index contributed by atoms with van der Waals surface area (Å²) >= 11 is 0. The molecule has 1 unspecified atom stereocenters. The Morgan fingerprint density at radius 3 is 2.62 bits per heavy atom. The maximum Gasteiger partial charge on any atom is 0.270 e. The maximum absolute atomic E-state index is 13.2. The minimum absolute atomic E-state index is 0.0480. The fourth-order valence-corrected chi connectivity index (χ4v) is 4.98. The van der Waals surface area contributed by atoms with Crippen molar-refractivity contribution in [1.29, 1.82) is 0 Å². The molecule has 1 aliphatic heterocycles. The van der Waals surface area contributed by atoms with Crippen LogP contribution < -0.4 is 5.73 Å². The summed E-state index contributed by atoms with van der Waals surface area (Å²) < 4.78 is 5.75. The molecule has 1 aliphatic carbocycles. The highest BCUT2D eigenvalue weighted by Gasteiger charge is 2.39. The van der Waals surface area contributed by atoms with E-state index in [1.165, 1.54) is 16.7 Å². The quantitative estimate of drug-likeness (QED) is 0.201. The van der Waals surface area contributed by atoms with E-state index in [1.807, 2.05) is 24.3 Å². The number of amides is 1. The summed E-state index contributed by atoms with van der Waals surface area (Å²) in [7, 11) is 0. The van der Waals surface area contributed by atoms with Crippen molar-refractivity contribution in [3.05, 3.63) is 72.9 Å². The Kier molecular flexibility index (Phi) is 8.92. The van der Waals surface area contributed by atoms with E-state index < -0.39 is 6.29 Å². The topological polar surface area (TPSA) is 64.8 Å². The second kappa shape index (κ2) is 11.7. The zero-order valence-electron chi connectivity index (χ0n) is 20.8. The van der Waals surface area contributed by atoms with Gasteiger partial charge in [-0.1, -0.05) is 49.4 Å². The molecule has 3 rings (SSSR count). The highest BCUT2D eigenvalue weighted by molar-refractivity contribution is 5.91. The van der Waals surface area contributed by atoms with Gasteiger partial charge >= 0.3 is 0 Å². The van der Waals surface area contributed by atoms with E-state index in [4.69, 9.17) is 15.3 Å². The number of rotatable bonds is 9. The van der Waals surface area contributed by atoms with Crippen molar-refractivity contribution in [2.45, 2.75) is 58.7 Å². The summed E-state index contributed by atoms with van der Waals surface area (Å²) in [5, 5.41) is 1.42. The lowest BCUT2D eigenvalue weighted by Crippen LogP contribution is -2.40. The molecule has 1 aromatic rings. The third-order valence-corrected chi connectivity index (χ3v) is 7.32. The third kappa shape index (κ3) is 6.71. The molecule has 1 aromatic carbocycles. The van der Waals surface area contributed by atoms with Crippen LogP contribution in [0.4, 0.5) is 5.69 Å². The number of carbonyl (C=O) groups is 1. The summed E-state index contributed by atoms with van der Waals surface area (Å²) in [4.78, 5) is 19.2. The molecule has 5 nitrogen and oxygen atoms in total. The molecule has 4 atom stereocenters. The Labute approximate surface area is 204 Å². The molecule has 2 aliphatic rings. The van der Waals surface area contributed by atoms with E-state index in [9.17, 15) is 4.79 Å². The molecular formula is C29H40N2O3. The smallest absolute Gasteiger partial charge is 0.270 e. The van der Waals surface area contributed by atoms with E-state index >= 15 is 0 Å². The number of nitrogen functional groups attached to an aromatic ring is 1. The number of allylic oxidation sites excluding steroid dienone is 2. The first kappa shape index (κ1) is 26.0. The average molecular weight is 465 g/mol. The lowest BCUT2D eigenvalue weighted by Gasteiger charge is -2.44. The highest BCUT2D eigenvalue weighted by Crippen LogP contribution is 2.48. The molecule has 2 N–H and O–H groups in total. The second-order valence-electron chi connectivity index (χ2n) is 10.0. The Hall–Kier alpha value is -2.63. The fraction of sp³-hybridized carbons (Fsp3) is 0.483. The van der Waals surface area contributed by atoms with Crippen LogP contribution in [-0.4, -0.2) is 30.4 Å². The molecule has 0 spiro atoms. The number of anilines is 1. The highest BCUT2D eigenvalue weighted by atomic mass is 16.8. The zero-order valence-corrected chi connectivity index (χ0v) is 20.8. The van der Waals surface area contributed by atoms with Crippen molar-refractivity contribution in [2.24, 2.45) is 17.3 Å². The van der Waals surface area contributed by atoms with Crippen LogP contribution in [0.1, 0.15) is 57.9 Å². The van der Waals surface area contributed by atoms with Crippen molar-refractivity contribution < 1.29 is 14.4 Å². The van der Waals surface area contributed by atoms with Gasteiger partial charge in [-0.3, -0.25) is 4.79 Å². The first-order valence-electron chi connectivity index (χ1n) is 12.3. The number of nitrogens with zero attached hydrogens (tertiary/aromatic N) is 1. The van der Waals surface area contributed by atoms with Crippen LogP contribution >= 0.6 is 0 Å². The van der Waals surface area contributed by atoms with Crippen molar-refractivity contribution in [3.8, 4) is 0 Å². The van der Waals surface area contributed by atoms with Crippen LogP contribution in [0.5, 0.6) is 0 Å². The summed E-state index contributed by atoms with van der Waals surface area (Å²) in [6.45, 7) is 18.0. The van der Waals surface area contributed by atoms with Gasteiger partial charge in [0.05, 0.1) is 6.54 Å². The third-order valence-electron chi connectivity index (χ3n) is 7.32. The van der Waals surface area contributed by atoms with Crippen LogP contribution in [0, 0.1) is 17.3 Å². The number of hydrogen-bond donors (Lipinski definition) is 1. The lowest BCUT2D eigenvalue weighted by atomic mass is 9.61. The Morgan fingerprint density at radius 2 is 2.00 bits per heavy atom. The molecule has 0 aromatic heterocycles. The van der Waals surface area contributed by atoms with E-state index in [0.29, 0.717) is 30.7 Å². The lowest BCUT2D eigenvalue weighted by molar-refractivity contribution is -0.275. The van der Waals surface area contributed by atoms with Crippen molar-refractivity contribution in [2.75, 3.05) is 18.9 Å². The largest absolute Gasteiger partial charge is 0.399 e. The van der Waals surface area contributed by atoms with Gasteiger partial charge in [0.25, 0.3) is 5.91 Å². The van der Waals surface area contributed by atoms with Gasteiger partial charge in [-0.15, -0.1) is 6.58 Å². The van der Waals surface area contributed by atoms with Gasteiger partial charge in [0, 0.05) is 24.8 Å². The summed E-state index contributed by atoms with van der Waals surface area (Å²) in [5.74, 6) is 0.412. The van der Waals surface area contributed by atoms with Crippen molar-refractivity contribution in [1.82, 2.24) is 5.06 Å². The minimum atomic E-state index is -0.408. The van der Waals surface area contributed by atoms with E-state index in [0.717, 1.165) is 49.7 Å². The predicted octanol–water partition coefficient (Wildman–Crippen LogP) is 6.31. The molecular weight excluding hydrogens is 424 g/mol. The number of hydrogen-bond acceptors (Lipinski definition) is 4. The van der Waals surface area contributed by atoms with Gasteiger partial charge in [-0.2, -0.15) is 0 Å². The second-order valence-corrected chi connectivity index (χ2v) is 10.0. The molecule has 184 valence electrons. The van der Waals surface area contributed by atoms with Gasteiger partial charge in [0.2, 0.25) is 0 Å². The number of nitrogens with two attached hydrogens (primary N) is 1. The van der Waals surface area contributed by atoms with Crippen molar-refractivity contribution in [3.63, 3.8) is 0 Å². The standard InChI is InChI=1S/C29H40N2O3/c1-6-29(5)17-16-24(19-26(29)21(2)3)22(4)20-31(34-28-9-7-8-18-33-28)27(32)15-12-23-10-13-25(30)14-11-23/h6,10-15,24,26,28H,1-2,4,7-9,16-20,30H2,3,5H3/b15-12+/t24-,26+,28?,29-/m1/s1. The van der Waals surface area contributed by atoms with E-state index in [2.05, 4.69) is 39.7 Å². The molecule has 0 bridgehead atoms. The van der Waals surface area contributed by atoms with Crippen LogP contribution in [0.3, 0.4) is 0 Å². The molecule has 0 radical (unpaired) electrons. The van der Waals surface area contributed by atoms with Crippen LogP contribution in [-0.2, 0) is 14.4 Å². The molecule has 2 fully saturated rings. The number of benzene rings is 1. The van der Waals surface area contributed by atoms with Gasteiger partial charge in [-0.05, 0) is 80.1 Å². The van der Waals surface area contributed by atoms with E-state index in [-0.39, 0.29) is 11.3 Å². The SMILES string of the molecule is C=C[C@]1(C)CC[C@@H](C(=C)CN(OC2CCCCO2)C(=O)/C=C/c2ccc(N)cc2)C[C@H]1C(=C)C. The minimum Gasteiger partial charge on any atom is -0.399 e. The van der Waals surface area contributed by atoms with Crippen LogP contribution in [0.2, 0.25) is 0 Å². The molecule has 1 saturated heterocycles. The Morgan fingerprint density at radius 1 is 1.26 bits per heavy atom. The molecule has 1 heterocycles. The number of ether oxygens (including phenoxy) is 1. The zero-order chi connectivity index (χ0) is 24.7. The summed E-state index contributed by atoms with van der Waals surface area (Å²) in [6, 6.07) is 7.39. The first-order valence-corrected chi connectivity index (χ1v) is 12.3. The number of carbonyl (C=O) groups excluding carboxylic acids is 1. The molecule has 1 saturated carbocycles. The van der Waals surface area contributed by atoms with Gasteiger partial charge < -0.3 is 10.5 Å². The van der Waals surface area contributed by atoms with Gasteiger partial charge in [0.1, 0.15) is 0 Å². The fourth-order valence-electron chi connectivity index (χ4n) is 4.98. The van der Waals surface area contributed by atoms with Crippen LogP contribution in [0.25, 0.3) is 6.08 Å².